The highest BCUT2D eigenvalue weighted by Gasteiger charge is 2.21. The number of nitrogens with zero attached hydrogens (tertiary/aromatic N) is 2. The number of imidazole rings is 1. The molecule has 258 valence electrons. The standard InChI is InChI=1S/C53H36N2/c1-2-16-44(17-3-1)55-50-21-11-10-20-49(50)54-53(55)38-26-22-37(23-27-38)41-30-31-47-48(34-41)52(43-29-25-36-13-5-7-15-40(36)33-43)46-19-9-8-18-45(46)51(47)42-28-24-35-12-4-6-14-39(35)32-42/h1-24,26-28,30-34H,25,29H2. The minimum atomic E-state index is 0.941. The highest BCUT2D eigenvalue weighted by Crippen LogP contribution is 2.46. The van der Waals surface area contributed by atoms with E-state index in [1.165, 1.54) is 76.8 Å². The van der Waals surface area contributed by atoms with Gasteiger partial charge in [0.2, 0.25) is 0 Å². The van der Waals surface area contributed by atoms with Crippen LogP contribution >= 0.6 is 0 Å². The van der Waals surface area contributed by atoms with Crippen LogP contribution in [0, 0.1) is 0 Å². The molecule has 0 unspecified atom stereocenters. The first-order chi connectivity index (χ1) is 27.3. The molecular weight excluding hydrogens is 665 g/mol. The van der Waals surface area contributed by atoms with Crippen LogP contribution in [-0.2, 0) is 6.42 Å². The third-order valence-corrected chi connectivity index (χ3v) is 11.5. The summed E-state index contributed by atoms with van der Waals surface area (Å²) in [6.07, 6.45) is 4.49. The number of benzene rings is 9. The number of rotatable bonds is 5. The number of fused-ring (bicyclic) bond motifs is 5. The molecule has 9 aromatic carbocycles. The molecule has 55 heavy (non-hydrogen) atoms. The summed E-state index contributed by atoms with van der Waals surface area (Å²) >= 11 is 0. The Kier molecular flexibility index (Phi) is 7.34. The highest BCUT2D eigenvalue weighted by atomic mass is 15.1. The van der Waals surface area contributed by atoms with Crippen LogP contribution in [0.1, 0.15) is 23.1 Å². The normalized spacial score (nSPS) is 12.7. The van der Waals surface area contributed by atoms with Crippen molar-refractivity contribution in [1.29, 1.82) is 0 Å². The lowest BCUT2D eigenvalue weighted by molar-refractivity contribution is 1.00. The van der Waals surface area contributed by atoms with E-state index in [1.54, 1.807) is 0 Å². The second kappa shape index (κ2) is 12.8. The van der Waals surface area contributed by atoms with Gasteiger partial charge in [-0.1, -0.05) is 158 Å². The van der Waals surface area contributed by atoms with Crippen LogP contribution in [0.5, 0.6) is 0 Å². The van der Waals surface area contributed by atoms with E-state index in [1.807, 2.05) is 0 Å². The maximum Gasteiger partial charge on any atom is 0.145 e. The van der Waals surface area contributed by atoms with E-state index in [-0.39, 0.29) is 0 Å². The summed E-state index contributed by atoms with van der Waals surface area (Å²) in [5.41, 5.74) is 14.7. The van der Waals surface area contributed by atoms with Gasteiger partial charge in [-0.25, -0.2) is 4.98 Å². The number of aromatic nitrogens is 2. The summed E-state index contributed by atoms with van der Waals surface area (Å²) in [5, 5.41) is 7.67. The molecule has 0 atom stereocenters. The third-order valence-electron chi connectivity index (χ3n) is 11.5. The summed E-state index contributed by atoms with van der Waals surface area (Å²) in [5.74, 6) is 0.941. The zero-order valence-corrected chi connectivity index (χ0v) is 30.3. The quantitative estimate of drug-likeness (QED) is 0.163. The maximum atomic E-state index is 5.13. The van der Waals surface area contributed by atoms with Crippen molar-refractivity contribution in [2.24, 2.45) is 0 Å². The molecule has 0 N–H and O–H groups in total. The van der Waals surface area contributed by atoms with Gasteiger partial charge in [0.25, 0.3) is 0 Å². The Morgan fingerprint density at radius 2 is 1.07 bits per heavy atom. The molecule has 11 rings (SSSR count). The second-order valence-corrected chi connectivity index (χ2v) is 14.7. The van der Waals surface area contributed by atoms with E-state index in [0.29, 0.717) is 0 Å². The summed E-state index contributed by atoms with van der Waals surface area (Å²) < 4.78 is 2.27. The van der Waals surface area contributed by atoms with E-state index < -0.39 is 0 Å². The average molecular weight is 701 g/mol. The molecule has 1 aliphatic carbocycles. The summed E-state index contributed by atoms with van der Waals surface area (Å²) in [6, 6.07) is 68.5. The molecular formula is C53H36N2. The molecule has 1 aromatic heterocycles. The molecule has 0 amide bonds. The molecule has 2 nitrogen and oxygen atoms in total. The average Bonchev–Trinajstić information content (AvgIpc) is 3.65. The van der Waals surface area contributed by atoms with Gasteiger partial charge in [0.1, 0.15) is 5.82 Å². The number of aryl methyl sites for hydroxylation is 1. The Balaban J connectivity index is 1.11. The van der Waals surface area contributed by atoms with Crippen LogP contribution in [0.4, 0.5) is 0 Å². The molecule has 0 radical (unpaired) electrons. The third kappa shape index (κ3) is 5.29. The second-order valence-electron chi connectivity index (χ2n) is 14.7. The van der Waals surface area contributed by atoms with E-state index in [9.17, 15) is 0 Å². The van der Waals surface area contributed by atoms with Gasteiger partial charge in [-0.15, -0.1) is 0 Å². The van der Waals surface area contributed by atoms with E-state index >= 15 is 0 Å². The van der Waals surface area contributed by atoms with E-state index in [4.69, 9.17) is 4.98 Å². The Hall–Kier alpha value is -7.03. The zero-order chi connectivity index (χ0) is 36.3. The fraction of sp³-hybridized carbons (Fsp3) is 0.0377. The van der Waals surface area contributed by atoms with Crippen LogP contribution in [0.25, 0.3) is 94.3 Å². The minimum Gasteiger partial charge on any atom is -0.292 e. The van der Waals surface area contributed by atoms with Crippen molar-refractivity contribution in [1.82, 2.24) is 9.55 Å². The number of hydrogen-bond acceptors (Lipinski definition) is 1. The lowest BCUT2D eigenvalue weighted by Gasteiger charge is -2.23. The molecule has 0 aliphatic heterocycles. The van der Waals surface area contributed by atoms with Crippen molar-refractivity contribution >= 4 is 55.0 Å². The molecule has 0 spiro atoms. The fourth-order valence-corrected chi connectivity index (χ4v) is 8.86. The zero-order valence-electron chi connectivity index (χ0n) is 30.3. The monoisotopic (exact) mass is 700 g/mol. The van der Waals surface area contributed by atoms with Crippen LogP contribution in [-0.4, -0.2) is 9.55 Å². The van der Waals surface area contributed by atoms with Crippen molar-refractivity contribution < 1.29 is 0 Å². The molecule has 10 aromatic rings. The van der Waals surface area contributed by atoms with Crippen LogP contribution < -0.4 is 0 Å². The first-order valence-electron chi connectivity index (χ1n) is 19.2. The molecule has 2 heteroatoms. The molecule has 1 aliphatic rings. The highest BCUT2D eigenvalue weighted by molar-refractivity contribution is 6.20. The van der Waals surface area contributed by atoms with Crippen LogP contribution in [0.15, 0.2) is 188 Å². The molecule has 0 saturated carbocycles. The van der Waals surface area contributed by atoms with E-state index in [0.717, 1.165) is 41.0 Å². The minimum absolute atomic E-state index is 0.941. The summed E-state index contributed by atoms with van der Waals surface area (Å²) in [4.78, 5) is 5.13. The Morgan fingerprint density at radius 1 is 0.418 bits per heavy atom. The van der Waals surface area contributed by atoms with Gasteiger partial charge in [-0.3, -0.25) is 4.57 Å². The van der Waals surface area contributed by atoms with Crippen molar-refractivity contribution in [2.45, 2.75) is 12.8 Å². The SMILES string of the molecule is C1=C(c2c3ccccc3c(-c3ccc4ccccc4c3)c3ccc(-c4ccc(-c5nc6ccccc6n5-c5ccccc5)cc4)cc23)CCc2ccccc21. The van der Waals surface area contributed by atoms with Crippen molar-refractivity contribution in [3.05, 3.63) is 205 Å². The lowest BCUT2D eigenvalue weighted by atomic mass is 9.81. The van der Waals surface area contributed by atoms with Crippen molar-refractivity contribution in [3.8, 4) is 39.3 Å². The van der Waals surface area contributed by atoms with Gasteiger partial charge in [-0.05, 0) is 126 Å². The Morgan fingerprint density at radius 3 is 1.95 bits per heavy atom. The largest absolute Gasteiger partial charge is 0.292 e. The summed E-state index contributed by atoms with van der Waals surface area (Å²) in [6.45, 7) is 0. The topological polar surface area (TPSA) is 17.8 Å². The predicted molar refractivity (Wildman–Crippen MR) is 233 cm³/mol. The van der Waals surface area contributed by atoms with Gasteiger partial charge < -0.3 is 0 Å². The first-order valence-corrected chi connectivity index (χ1v) is 19.2. The molecule has 1 heterocycles. The smallest absolute Gasteiger partial charge is 0.145 e. The molecule has 0 fully saturated rings. The maximum absolute atomic E-state index is 5.13. The van der Waals surface area contributed by atoms with Gasteiger partial charge in [0.15, 0.2) is 0 Å². The first kappa shape index (κ1) is 31.5. The van der Waals surface area contributed by atoms with Gasteiger partial charge in [0, 0.05) is 11.3 Å². The van der Waals surface area contributed by atoms with Crippen molar-refractivity contribution in [3.63, 3.8) is 0 Å². The number of allylic oxidation sites excluding steroid dienone is 1. The van der Waals surface area contributed by atoms with Crippen molar-refractivity contribution in [2.75, 3.05) is 0 Å². The summed E-state index contributed by atoms with van der Waals surface area (Å²) in [7, 11) is 0. The fourth-order valence-electron chi connectivity index (χ4n) is 8.86. The Bertz CT molecular complexity index is 3130. The van der Waals surface area contributed by atoms with Gasteiger partial charge in [0.05, 0.1) is 11.0 Å². The molecule has 0 saturated heterocycles. The van der Waals surface area contributed by atoms with Crippen LogP contribution in [0.2, 0.25) is 0 Å². The van der Waals surface area contributed by atoms with E-state index in [2.05, 4.69) is 199 Å². The Labute approximate surface area is 320 Å². The van der Waals surface area contributed by atoms with Gasteiger partial charge >= 0.3 is 0 Å². The van der Waals surface area contributed by atoms with Crippen LogP contribution in [0.3, 0.4) is 0 Å². The van der Waals surface area contributed by atoms with Gasteiger partial charge in [-0.2, -0.15) is 0 Å². The number of para-hydroxylation sites is 3. The lowest BCUT2D eigenvalue weighted by Crippen LogP contribution is -2.01. The number of hydrogen-bond donors (Lipinski definition) is 0. The predicted octanol–water partition coefficient (Wildman–Crippen LogP) is 14.0. The molecule has 0 bridgehead atoms.